The van der Waals surface area contributed by atoms with Crippen molar-refractivity contribution in [3.8, 4) is 0 Å². The van der Waals surface area contributed by atoms with Gasteiger partial charge >= 0.3 is 0 Å². The summed E-state index contributed by atoms with van der Waals surface area (Å²) in [5, 5.41) is 0. The van der Waals surface area contributed by atoms with Crippen LogP contribution in [-0.4, -0.2) is 44.5 Å². The molecule has 0 aromatic carbocycles. The first-order valence-corrected chi connectivity index (χ1v) is 4.81. The van der Waals surface area contributed by atoms with E-state index in [0.29, 0.717) is 0 Å². The van der Waals surface area contributed by atoms with Crippen molar-refractivity contribution >= 4 is 0 Å². The molecule has 0 saturated carbocycles. The molecule has 0 atom stereocenters. The fourth-order valence-electron chi connectivity index (χ4n) is 1.17. The Labute approximate surface area is 74.6 Å². The van der Waals surface area contributed by atoms with Gasteiger partial charge in [0.15, 0.2) is 0 Å². The molecule has 0 aromatic heterocycles. The van der Waals surface area contributed by atoms with E-state index in [9.17, 15) is 0 Å². The zero-order valence-electron chi connectivity index (χ0n) is 7.92. The van der Waals surface area contributed by atoms with Crippen molar-refractivity contribution < 1.29 is 9.47 Å². The number of rotatable bonds is 5. The van der Waals surface area contributed by atoms with Crippen molar-refractivity contribution in [3.63, 3.8) is 0 Å². The van der Waals surface area contributed by atoms with Crippen molar-refractivity contribution in [1.29, 1.82) is 0 Å². The number of unbranched alkanes of at least 4 members (excludes halogenated alkanes) is 1. The third-order valence-corrected chi connectivity index (χ3v) is 2.02. The molecule has 0 N–H and O–H groups in total. The number of ether oxygens (including phenoxy) is 2. The molecule has 12 heavy (non-hydrogen) atoms. The molecule has 0 amide bonds. The van der Waals surface area contributed by atoms with Gasteiger partial charge in [-0.05, 0) is 6.42 Å². The molecule has 0 bridgehead atoms. The highest BCUT2D eigenvalue weighted by atomic mass is 16.5. The fraction of sp³-hybridized carbons (Fsp3) is 1.00. The van der Waals surface area contributed by atoms with Gasteiger partial charge in [-0.2, -0.15) is 0 Å². The molecule has 0 spiro atoms. The average Bonchev–Trinajstić information content (AvgIpc) is 2.14. The van der Waals surface area contributed by atoms with Crippen LogP contribution in [0.15, 0.2) is 0 Å². The molecule has 1 aliphatic rings. The van der Waals surface area contributed by atoms with Crippen molar-refractivity contribution in [3.05, 3.63) is 0 Å². The molecule has 72 valence electrons. The first kappa shape index (κ1) is 9.96. The molecule has 1 aliphatic heterocycles. The second-order valence-corrected chi connectivity index (χ2v) is 3.12. The fourth-order valence-corrected chi connectivity index (χ4v) is 1.17. The summed E-state index contributed by atoms with van der Waals surface area (Å²) in [6.45, 7) is 7.61. The molecule has 0 radical (unpaired) electrons. The minimum atomic E-state index is 0.781. The highest BCUT2D eigenvalue weighted by Gasteiger charge is 2.08. The molecule has 3 nitrogen and oxygen atoms in total. The Morgan fingerprint density at radius 3 is 2.75 bits per heavy atom. The van der Waals surface area contributed by atoms with Crippen LogP contribution in [0.1, 0.15) is 19.8 Å². The Balaban J connectivity index is 1.91. The Kier molecular flexibility index (Phi) is 5.32. The number of hydrogen-bond donors (Lipinski definition) is 0. The second kappa shape index (κ2) is 6.40. The molecule has 3 heteroatoms. The monoisotopic (exact) mass is 173 g/mol. The molecule has 1 heterocycles. The molecular weight excluding hydrogens is 154 g/mol. The van der Waals surface area contributed by atoms with Crippen LogP contribution in [0, 0.1) is 0 Å². The SMILES string of the molecule is CCCCOCN1CCOCC1. The van der Waals surface area contributed by atoms with E-state index in [1.54, 1.807) is 0 Å². The third-order valence-electron chi connectivity index (χ3n) is 2.02. The maximum Gasteiger partial charge on any atom is 0.0991 e. The number of morpholine rings is 1. The lowest BCUT2D eigenvalue weighted by Crippen LogP contribution is -2.37. The maximum absolute atomic E-state index is 5.48. The van der Waals surface area contributed by atoms with Crippen LogP contribution in [0.4, 0.5) is 0 Å². The van der Waals surface area contributed by atoms with Gasteiger partial charge in [-0.15, -0.1) is 0 Å². The van der Waals surface area contributed by atoms with Gasteiger partial charge in [0.05, 0.1) is 19.9 Å². The molecule has 0 unspecified atom stereocenters. The van der Waals surface area contributed by atoms with Gasteiger partial charge in [0.2, 0.25) is 0 Å². The molecule has 0 aromatic rings. The van der Waals surface area contributed by atoms with E-state index in [2.05, 4.69) is 11.8 Å². The predicted octanol–water partition coefficient (Wildman–Crippen LogP) is 1.09. The van der Waals surface area contributed by atoms with Gasteiger partial charge in [-0.1, -0.05) is 13.3 Å². The lowest BCUT2D eigenvalue weighted by molar-refractivity contribution is -0.0331. The quantitative estimate of drug-likeness (QED) is 0.581. The zero-order chi connectivity index (χ0) is 8.65. The smallest absolute Gasteiger partial charge is 0.0991 e. The Bertz CT molecular complexity index is 103. The second-order valence-electron chi connectivity index (χ2n) is 3.12. The van der Waals surface area contributed by atoms with E-state index < -0.39 is 0 Å². The van der Waals surface area contributed by atoms with Gasteiger partial charge in [0, 0.05) is 19.7 Å². The van der Waals surface area contributed by atoms with E-state index in [0.717, 1.165) is 39.6 Å². The Hall–Kier alpha value is -0.120. The molecule has 1 rings (SSSR count). The summed E-state index contributed by atoms with van der Waals surface area (Å²) in [6.07, 6.45) is 2.38. The normalized spacial score (nSPS) is 19.8. The van der Waals surface area contributed by atoms with Crippen LogP contribution < -0.4 is 0 Å². The standard InChI is InChI=1S/C9H19NO2/c1-2-3-6-12-9-10-4-7-11-8-5-10/h2-9H2,1H3. The average molecular weight is 173 g/mol. The van der Waals surface area contributed by atoms with E-state index in [1.807, 2.05) is 0 Å². The summed E-state index contributed by atoms with van der Waals surface area (Å²) < 4.78 is 10.7. The van der Waals surface area contributed by atoms with Crippen LogP contribution in [0.25, 0.3) is 0 Å². The summed E-state index contributed by atoms with van der Waals surface area (Å²) in [4.78, 5) is 2.29. The van der Waals surface area contributed by atoms with E-state index in [1.165, 1.54) is 12.8 Å². The third kappa shape index (κ3) is 4.04. The summed E-state index contributed by atoms with van der Waals surface area (Å²) in [5.74, 6) is 0. The van der Waals surface area contributed by atoms with Gasteiger partial charge in [-0.3, -0.25) is 4.90 Å². The van der Waals surface area contributed by atoms with E-state index in [-0.39, 0.29) is 0 Å². The molecular formula is C9H19NO2. The molecule has 1 saturated heterocycles. The van der Waals surface area contributed by atoms with Crippen molar-refractivity contribution in [2.75, 3.05) is 39.6 Å². The summed E-state index contributed by atoms with van der Waals surface area (Å²) >= 11 is 0. The van der Waals surface area contributed by atoms with Crippen LogP contribution in [0.5, 0.6) is 0 Å². The van der Waals surface area contributed by atoms with Crippen LogP contribution in [0.2, 0.25) is 0 Å². The lowest BCUT2D eigenvalue weighted by atomic mass is 10.4. The van der Waals surface area contributed by atoms with Gasteiger partial charge < -0.3 is 9.47 Å². The van der Waals surface area contributed by atoms with Crippen molar-refractivity contribution in [1.82, 2.24) is 4.90 Å². The predicted molar refractivity (Wildman–Crippen MR) is 48.1 cm³/mol. The minimum absolute atomic E-state index is 0.781. The van der Waals surface area contributed by atoms with E-state index in [4.69, 9.17) is 9.47 Å². The van der Waals surface area contributed by atoms with Gasteiger partial charge in [0.25, 0.3) is 0 Å². The van der Waals surface area contributed by atoms with Crippen molar-refractivity contribution in [2.24, 2.45) is 0 Å². The highest BCUT2D eigenvalue weighted by Crippen LogP contribution is 1.97. The first-order chi connectivity index (χ1) is 5.93. The van der Waals surface area contributed by atoms with Crippen LogP contribution >= 0.6 is 0 Å². The van der Waals surface area contributed by atoms with Crippen LogP contribution in [-0.2, 0) is 9.47 Å². The maximum atomic E-state index is 5.48. The highest BCUT2D eigenvalue weighted by molar-refractivity contribution is 4.56. The van der Waals surface area contributed by atoms with E-state index >= 15 is 0 Å². The Morgan fingerprint density at radius 1 is 1.33 bits per heavy atom. The summed E-state index contributed by atoms with van der Waals surface area (Å²) in [6, 6.07) is 0. The Morgan fingerprint density at radius 2 is 2.08 bits per heavy atom. The van der Waals surface area contributed by atoms with Gasteiger partial charge in [-0.25, -0.2) is 0 Å². The minimum Gasteiger partial charge on any atom is -0.379 e. The first-order valence-electron chi connectivity index (χ1n) is 4.81. The number of hydrogen-bond acceptors (Lipinski definition) is 3. The zero-order valence-corrected chi connectivity index (χ0v) is 7.92. The molecule has 1 fully saturated rings. The lowest BCUT2D eigenvalue weighted by Gasteiger charge is -2.26. The van der Waals surface area contributed by atoms with Crippen LogP contribution in [0.3, 0.4) is 0 Å². The summed E-state index contributed by atoms with van der Waals surface area (Å²) in [5.41, 5.74) is 0. The van der Waals surface area contributed by atoms with Crippen molar-refractivity contribution in [2.45, 2.75) is 19.8 Å². The molecule has 0 aliphatic carbocycles. The largest absolute Gasteiger partial charge is 0.379 e. The van der Waals surface area contributed by atoms with Gasteiger partial charge in [0.1, 0.15) is 0 Å². The topological polar surface area (TPSA) is 21.7 Å². The number of nitrogens with zero attached hydrogens (tertiary/aromatic N) is 1. The summed E-state index contributed by atoms with van der Waals surface area (Å²) in [7, 11) is 0.